The molecular weight excluding hydrogens is 386 g/mol. The number of H-pyrrole nitrogens is 1. The molecule has 1 atom stereocenters. The van der Waals surface area contributed by atoms with Gasteiger partial charge in [-0.15, -0.1) is 0 Å². The van der Waals surface area contributed by atoms with Crippen molar-refractivity contribution in [2.45, 2.75) is 6.04 Å². The molecule has 6 heteroatoms. The number of fused-ring (bicyclic) bond motifs is 1. The monoisotopic (exact) mass is 407 g/mol. The SMILES string of the molecule is COc1ccc(-c2ccccc2C(Nc2ncnc3nc[nH]c23)c2ccccc2)cc1. The summed E-state index contributed by atoms with van der Waals surface area (Å²) < 4.78 is 5.33. The summed E-state index contributed by atoms with van der Waals surface area (Å²) in [5.41, 5.74) is 5.95. The molecule has 1 unspecified atom stereocenters. The minimum Gasteiger partial charge on any atom is -0.497 e. The maximum Gasteiger partial charge on any atom is 0.182 e. The maximum absolute atomic E-state index is 5.33. The number of hydrogen-bond donors (Lipinski definition) is 2. The molecule has 3 aromatic carbocycles. The van der Waals surface area contributed by atoms with Gasteiger partial charge in [-0.25, -0.2) is 15.0 Å². The molecule has 0 aliphatic carbocycles. The molecule has 152 valence electrons. The number of hydrogen-bond acceptors (Lipinski definition) is 5. The smallest absolute Gasteiger partial charge is 0.182 e. The van der Waals surface area contributed by atoms with Crippen LogP contribution in [0.1, 0.15) is 17.2 Å². The Balaban J connectivity index is 1.63. The van der Waals surface area contributed by atoms with Crippen molar-refractivity contribution in [2.75, 3.05) is 12.4 Å². The van der Waals surface area contributed by atoms with E-state index >= 15 is 0 Å². The second-order valence-corrected chi connectivity index (χ2v) is 7.13. The number of aromatic nitrogens is 4. The van der Waals surface area contributed by atoms with Crippen molar-refractivity contribution in [1.82, 2.24) is 19.9 Å². The first-order chi connectivity index (χ1) is 15.3. The molecule has 2 N–H and O–H groups in total. The van der Waals surface area contributed by atoms with E-state index in [-0.39, 0.29) is 6.04 Å². The Hall–Kier alpha value is -4.19. The number of methoxy groups -OCH3 is 1. The quantitative estimate of drug-likeness (QED) is 0.403. The third-order valence-electron chi connectivity index (χ3n) is 5.31. The summed E-state index contributed by atoms with van der Waals surface area (Å²) in [4.78, 5) is 16.1. The molecule has 0 fully saturated rings. The molecule has 2 aromatic heterocycles. The number of ether oxygens (including phenoxy) is 1. The molecule has 0 aliphatic heterocycles. The molecule has 0 amide bonds. The Bertz CT molecular complexity index is 1300. The van der Waals surface area contributed by atoms with Crippen molar-refractivity contribution in [3.8, 4) is 16.9 Å². The molecule has 0 radical (unpaired) electrons. The zero-order valence-corrected chi connectivity index (χ0v) is 17.0. The molecule has 0 saturated heterocycles. The molecule has 0 saturated carbocycles. The van der Waals surface area contributed by atoms with E-state index in [4.69, 9.17) is 4.74 Å². The van der Waals surface area contributed by atoms with Crippen LogP contribution in [0.2, 0.25) is 0 Å². The van der Waals surface area contributed by atoms with E-state index < -0.39 is 0 Å². The lowest BCUT2D eigenvalue weighted by molar-refractivity contribution is 0.415. The van der Waals surface area contributed by atoms with E-state index in [2.05, 4.69) is 73.8 Å². The van der Waals surface area contributed by atoms with Gasteiger partial charge >= 0.3 is 0 Å². The molecule has 2 heterocycles. The topological polar surface area (TPSA) is 75.7 Å². The van der Waals surface area contributed by atoms with Gasteiger partial charge < -0.3 is 15.0 Å². The standard InChI is InChI=1S/C25H21N5O/c1-31-19-13-11-17(12-14-19)20-9-5-6-10-21(20)22(18-7-3-2-4-8-18)30-25-23-24(27-15-26-23)28-16-29-25/h2-16,22H,1H3,(H2,26,27,28,29,30). The van der Waals surface area contributed by atoms with Crippen molar-refractivity contribution < 1.29 is 4.74 Å². The maximum atomic E-state index is 5.33. The summed E-state index contributed by atoms with van der Waals surface area (Å²) >= 11 is 0. The third-order valence-corrected chi connectivity index (χ3v) is 5.31. The molecule has 31 heavy (non-hydrogen) atoms. The predicted octanol–water partition coefficient (Wildman–Crippen LogP) is 5.23. The number of imidazole rings is 1. The fourth-order valence-electron chi connectivity index (χ4n) is 3.78. The summed E-state index contributed by atoms with van der Waals surface area (Å²) in [6, 6.07) is 26.8. The third kappa shape index (κ3) is 3.71. The molecule has 0 aliphatic rings. The van der Waals surface area contributed by atoms with Gasteiger partial charge in [-0.2, -0.15) is 0 Å². The van der Waals surface area contributed by atoms with Crippen molar-refractivity contribution >= 4 is 17.0 Å². The van der Waals surface area contributed by atoms with Crippen molar-refractivity contribution in [3.05, 3.63) is 103 Å². The minimum atomic E-state index is -0.124. The second-order valence-electron chi connectivity index (χ2n) is 7.13. The van der Waals surface area contributed by atoms with Crippen molar-refractivity contribution in [3.63, 3.8) is 0 Å². The minimum absolute atomic E-state index is 0.124. The van der Waals surface area contributed by atoms with Crippen LogP contribution in [0.15, 0.2) is 91.5 Å². The Morgan fingerprint density at radius 2 is 1.61 bits per heavy atom. The molecule has 0 spiro atoms. The lowest BCUT2D eigenvalue weighted by Gasteiger charge is -2.23. The van der Waals surface area contributed by atoms with Crippen molar-refractivity contribution in [2.24, 2.45) is 0 Å². The summed E-state index contributed by atoms with van der Waals surface area (Å²) in [5.74, 6) is 1.54. The molecule has 5 aromatic rings. The van der Waals surface area contributed by atoms with E-state index in [0.29, 0.717) is 11.5 Å². The first kappa shape index (κ1) is 18.8. The number of nitrogens with zero attached hydrogens (tertiary/aromatic N) is 3. The van der Waals surface area contributed by atoms with Gasteiger partial charge in [0.1, 0.15) is 17.6 Å². The van der Waals surface area contributed by atoms with Crippen LogP contribution in [0.25, 0.3) is 22.3 Å². The molecule has 6 nitrogen and oxygen atoms in total. The van der Waals surface area contributed by atoms with E-state index in [1.807, 2.05) is 30.3 Å². The van der Waals surface area contributed by atoms with Gasteiger partial charge in [0.2, 0.25) is 0 Å². The van der Waals surface area contributed by atoms with Crippen LogP contribution in [0.3, 0.4) is 0 Å². The number of benzene rings is 3. The fraction of sp³-hybridized carbons (Fsp3) is 0.0800. The van der Waals surface area contributed by atoms with Gasteiger partial charge in [-0.1, -0.05) is 66.7 Å². The van der Waals surface area contributed by atoms with Crippen LogP contribution >= 0.6 is 0 Å². The normalized spacial score (nSPS) is 11.9. The summed E-state index contributed by atoms with van der Waals surface area (Å²) in [5, 5.41) is 3.63. The highest BCUT2D eigenvalue weighted by molar-refractivity contribution is 5.83. The highest BCUT2D eigenvalue weighted by Gasteiger charge is 2.20. The second kappa shape index (κ2) is 8.28. The predicted molar refractivity (Wildman–Crippen MR) is 122 cm³/mol. The fourth-order valence-corrected chi connectivity index (χ4v) is 3.78. The highest BCUT2D eigenvalue weighted by atomic mass is 16.5. The summed E-state index contributed by atoms with van der Waals surface area (Å²) in [7, 11) is 1.68. The average molecular weight is 407 g/mol. The lowest BCUT2D eigenvalue weighted by Crippen LogP contribution is -2.15. The van der Waals surface area contributed by atoms with Gasteiger partial charge in [-0.3, -0.25) is 0 Å². The Morgan fingerprint density at radius 3 is 2.42 bits per heavy atom. The lowest BCUT2D eigenvalue weighted by atomic mass is 9.91. The van der Waals surface area contributed by atoms with Crippen LogP contribution in [-0.2, 0) is 0 Å². The van der Waals surface area contributed by atoms with E-state index in [1.165, 1.54) is 6.33 Å². The van der Waals surface area contributed by atoms with Crippen LogP contribution in [0.4, 0.5) is 5.82 Å². The largest absolute Gasteiger partial charge is 0.497 e. The summed E-state index contributed by atoms with van der Waals surface area (Å²) in [6.45, 7) is 0. The first-order valence-corrected chi connectivity index (χ1v) is 10.0. The Labute approximate surface area is 180 Å². The van der Waals surface area contributed by atoms with Gasteiger partial charge in [-0.05, 0) is 34.4 Å². The van der Waals surface area contributed by atoms with Crippen LogP contribution in [0, 0.1) is 0 Å². The average Bonchev–Trinajstić information content (AvgIpc) is 3.33. The first-order valence-electron chi connectivity index (χ1n) is 10.0. The van der Waals surface area contributed by atoms with E-state index in [0.717, 1.165) is 33.5 Å². The van der Waals surface area contributed by atoms with Crippen molar-refractivity contribution in [1.29, 1.82) is 0 Å². The van der Waals surface area contributed by atoms with Crippen LogP contribution in [0.5, 0.6) is 5.75 Å². The van der Waals surface area contributed by atoms with Crippen LogP contribution < -0.4 is 10.1 Å². The molecular formula is C25H21N5O. The number of aromatic amines is 1. The molecule has 5 rings (SSSR count). The zero-order chi connectivity index (χ0) is 21.0. The summed E-state index contributed by atoms with van der Waals surface area (Å²) in [6.07, 6.45) is 3.16. The van der Waals surface area contributed by atoms with Crippen LogP contribution in [-0.4, -0.2) is 27.0 Å². The Morgan fingerprint density at radius 1 is 0.839 bits per heavy atom. The van der Waals surface area contributed by atoms with Gasteiger partial charge in [0, 0.05) is 0 Å². The molecule has 0 bridgehead atoms. The number of anilines is 1. The zero-order valence-electron chi connectivity index (χ0n) is 17.0. The number of nitrogens with one attached hydrogen (secondary N) is 2. The van der Waals surface area contributed by atoms with Gasteiger partial charge in [0.05, 0.1) is 19.5 Å². The van der Waals surface area contributed by atoms with E-state index in [9.17, 15) is 0 Å². The van der Waals surface area contributed by atoms with Gasteiger partial charge in [0.15, 0.2) is 11.5 Å². The Kier molecular flexibility index (Phi) is 5.02. The number of rotatable bonds is 6. The van der Waals surface area contributed by atoms with Gasteiger partial charge in [0.25, 0.3) is 0 Å². The highest BCUT2D eigenvalue weighted by Crippen LogP contribution is 2.35. The van der Waals surface area contributed by atoms with E-state index in [1.54, 1.807) is 13.4 Å².